The minimum atomic E-state index is -0.629. The van der Waals surface area contributed by atoms with Gasteiger partial charge in [0.25, 0.3) is 11.7 Å². The van der Waals surface area contributed by atoms with Crippen molar-refractivity contribution in [1.29, 1.82) is 0 Å². The molecule has 2 aromatic rings. The standard InChI is InChI=1S/C28H34N2O4/c1-5-29(6-2)14-7-15-30-25(20-10-8-18(3)9-11-20)24(27(32)28(30)33)26(31)21-12-13-23-22(17-21)16-19(4)34-23/h8-13,17,19,25,31H,5-7,14-16H2,1-4H3/t19-,25-/m1/s1. The van der Waals surface area contributed by atoms with Crippen LogP contribution in [0.4, 0.5) is 0 Å². The molecule has 0 radical (unpaired) electrons. The number of likely N-dealkylation sites (tertiary alicyclic amines) is 1. The topological polar surface area (TPSA) is 70.1 Å². The first-order chi connectivity index (χ1) is 16.3. The summed E-state index contributed by atoms with van der Waals surface area (Å²) in [6.45, 7) is 11.4. The fraction of sp³-hybridized carbons (Fsp3) is 0.429. The number of nitrogens with zero attached hydrogens (tertiary/aromatic N) is 2. The van der Waals surface area contributed by atoms with Gasteiger partial charge in [0.05, 0.1) is 11.6 Å². The molecule has 0 bridgehead atoms. The third-order valence-corrected chi connectivity index (χ3v) is 6.87. The van der Waals surface area contributed by atoms with Crippen molar-refractivity contribution in [3.63, 3.8) is 0 Å². The molecule has 2 aliphatic rings. The number of aryl methyl sites for hydroxylation is 1. The molecule has 0 aromatic heterocycles. The maximum absolute atomic E-state index is 13.2. The van der Waals surface area contributed by atoms with Crippen LogP contribution in [0.15, 0.2) is 48.0 Å². The van der Waals surface area contributed by atoms with E-state index in [1.807, 2.05) is 50.2 Å². The number of ketones is 1. The summed E-state index contributed by atoms with van der Waals surface area (Å²) < 4.78 is 5.77. The Hall–Kier alpha value is -3.12. The van der Waals surface area contributed by atoms with Gasteiger partial charge in [-0.2, -0.15) is 0 Å². The van der Waals surface area contributed by atoms with E-state index in [1.54, 1.807) is 11.0 Å². The average molecular weight is 463 g/mol. The summed E-state index contributed by atoms with van der Waals surface area (Å²) in [5.74, 6) is -0.505. The highest BCUT2D eigenvalue weighted by Gasteiger charge is 2.45. The van der Waals surface area contributed by atoms with Crippen molar-refractivity contribution >= 4 is 17.4 Å². The van der Waals surface area contributed by atoms with Crippen molar-refractivity contribution in [2.45, 2.75) is 52.7 Å². The number of carbonyl (C=O) groups is 2. The van der Waals surface area contributed by atoms with Gasteiger partial charge in [0.15, 0.2) is 0 Å². The van der Waals surface area contributed by atoms with Crippen LogP contribution in [0.5, 0.6) is 5.75 Å². The number of benzene rings is 2. The van der Waals surface area contributed by atoms with Crippen molar-refractivity contribution in [2.75, 3.05) is 26.2 Å². The number of hydrogen-bond acceptors (Lipinski definition) is 5. The van der Waals surface area contributed by atoms with Gasteiger partial charge in [-0.1, -0.05) is 43.7 Å². The number of aliphatic hydroxyl groups excluding tert-OH is 1. The smallest absolute Gasteiger partial charge is 0.295 e. The molecule has 1 N–H and O–H groups in total. The van der Waals surface area contributed by atoms with Gasteiger partial charge in [-0.05, 0) is 69.2 Å². The quantitative estimate of drug-likeness (QED) is 0.356. The number of rotatable bonds is 8. The minimum Gasteiger partial charge on any atom is -0.507 e. The van der Waals surface area contributed by atoms with E-state index < -0.39 is 17.7 Å². The van der Waals surface area contributed by atoms with Crippen LogP contribution in [-0.2, 0) is 16.0 Å². The highest BCUT2D eigenvalue weighted by molar-refractivity contribution is 6.46. The highest BCUT2D eigenvalue weighted by Crippen LogP contribution is 2.40. The molecule has 0 aliphatic carbocycles. The van der Waals surface area contributed by atoms with E-state index in [2.05, 4.69) is 18.7 Å². The van der Waals surface area contributed by atoms with E-state index in [1.165, 1.54) is 0 Å². The minimum absolute atomic E-state index is 0.0799. The summed E-state index contributed by atoms with van der Waals surface area (Å²) in [5, 5.41) is 11.3. The van der Waals surface area contributed by atoms with Gasteiger partial charge in [0.2, 0.25) is 0 Å². The Bertz CT molecular complexity index is 1100. The Morgan fingerprint density at radius 1 is 1.12 bits per heavy atom. The second-order valence-electron chi connectivity index (χ2n) is 9.24. The van der Waals surface area contributed by atoms with Gasteiger partial charge < -0.3 is 19.6 Å². The molecule has 2 atom stereocenters. The Balaban J connectivity index is 1.72. The molecule has 34 heavy (non-hydrogen) atoms. The lowest BCUT2D eigenvalue weighted by Crippen LogP contribution is -2.33. The zero-order chi connectivity index (χ0) is 24.4. The lowest BCUT2D eigenvalue weighted by atomic mass is 9.94. The summed E-state index contributed by atoms with van der Waals surface area (Å²) in [4.78, 5) is 30.3. The SMILES string of the molecule is CCN(CC)CCCN1C(=O)C(=O)C(=C(O)c2ccc3c(c2)C[C@@H](C)O3)[C@H]1c1ccc(C)cc1. The maximum atomic E-state index is 13.2. The number of ether oxygens (including phenoxy) is 1. The summed E-state index contributed by atoms with van der Waals surface area (Å²) in [7, 11) is 0. The first-order valence-electron chi connectivity index (χ1n) is 12.2. The van der Waals surface area contributed by atoms with E-state index >= 15 is 0 Å². The van der Waals surface area contributed by atoms with Crippen LogP contribution in [0.25, 0.3) is 5.76 Å². The highest BCUT2D eigenvalue weighted by atomic mass is 16.5. The molecule has 6 nitrogen and oxygen atoms in total. The fourth-order valence-electron chi connectivity index (χ4n) is 4.94. The van der Waals surface area contributed by atoms with Crippen LogP contribution in [0.1, 0.15) is 55.5 Å². The third kappa shape index (κ3) is 4.60. The third-order valence-electron chi connectivity index (χ3n) is 6.87. The number of aliphatic hydroxyl groups is 1. The summed E-state index contributed by atoms with van der Waals surface area (Å²) in [6.07, 6.45) is 1.58. The molecular weight excluding hydrogens is 428 g/mol. The Morgan fingerprint density at radius 3 is 2.50 bits per heavy atom. The Labute approximate surface area is 201 Å². The lowest BCUT2D eigenvalue weighted by Gasteiger charge is -2.27. The molecule has 6 heteroatoms. The molecule has 2 aromatic carbocycles. The molecule has 2 aliphatic heterocycles. The molecule has 2 heterocycles. The van der Waals surface area contributed by atoms with Gasteiger partial charge in [-0.15, -0.1) is 0 Å². The second kappa shape index (κ2) is 10.0. The van der Waals surface area contributed by atoms with Gasteiger partial charge >= 0.3 is 0 Å². The van der Waals surface area contributed by atoms with Crippen molar-refractivity contribution in [3.8, 4) is 5.75 Å². The molecule has 0 unspecified atom stereocenters. The van der Waals surface area contributed by atoms with Crippen LogP contribution in [0.3, 0.4) is 0 Å². The number of fused-ring (bicyclic) bond motifs is 1. The zero-order valence-corrected chi connectivity index (χ0v) is 20.5. The Kier molecular flexibility index (Phi) is 7.08. The van der Waals surface area contributed by atoms with Crippen LogP contribution in [0, 0.1) is 6.92 Å². The summed E-state index contributed by atoms with van der Waals surface area (Å²) in [6, 6.07) is 12.7. The van der Waals surface area contributed by atoms with Crippen molar-refractivity contribution in [3.05, 3.63) is 70.3 Å². The van der Waals surface area contributed by atoms with E-state index in [4.69, 9.17) is 4.74 Å². The predicted molar refractivity (Wildman–Crippen MR) is 133 cm³/mol. The largest absolute Gasteiger partial charge is 0.507 e. The van der Waals surface area contributed by atoms with Gasteiger partial charge in [0.1, 0.15) is 17.6 Å². The molecule has 1 amide bonds. The number of amides is 1. The number of Topliss-reactive ketones (excluding diaryl/α,β-unsaturated/α-hetero) is 1. The number of hydrogen-bond donors (Lipinski definition) is 1. The molecule has 0 saturated carbocycles. The monoisotopic (exact) mass is 462 g/mol. The Morgan fingerprint density at radius 2 is 1.82 bits per heavy atom. The van der Waals surface area contributed by atoms with E-state index in [9.17, 15) is 14.7 Å². The lowest BCUT2D eigenvalue weighted by molar-refractivity contribution is -0.140. The van der Waals surface area contributed by atoms with Crippen LogP contribution in [-0.4, -0.2) is 58.9 Å². The van der Waals surface area contributed by atoms with Crippen LogP contribution < -0.4 is 4.74 Å². The normalized spacial score (nSPS) is 21.3. The van der Waals surface area contributed by atoms with Crippen molar-refractivity contribution < 1.29 is 19.4 Å². The molecule has 1 saturated heterocycles. The molecule has 4 rings (SSSR count). The van der Waals surface area contributed by atoms with E-state index in [-0.39, 0.29) is 17.4 Å². The van der Waals surface area contributed by atoms with Crippen LogP contribution >= 0.6 is 0 Å². The summed E-state index contributed by atoms with van der Waals surface area (Å²) >= 11 is 0. The first-order valence-corrected chi connectivity index (χ1v) is 12.2. The van der Waals surface area contributed by atoms with Gasteiger partial charge in [-0.25, -0.2) is 0 Å². The fourth-order valence-corrected chi connectivity index (χ4v) is 4.94. The van der Waals surface area contributed by atoms with Crippen molar-refractivity contribution in [2.24, 2.45) is 0 Å². The van der Waals surface area contributed by atoms with Crippen LogP contribution in [0.2, 0.25) is 0 Å². The van der Waals surface area contributed by atoms with E-state index in [0.717, 1.165) is 54.9 Å². The molecule has 180 valence electrons. The summed E-state index contributed by atoms with van der Waals surface area (Å²) in [5.41, 5.74) is 3.61. The average Bonchev–Trinajstić information content (AvgIpc) is 3.32. The molecule has 1 fully saturated rings. The molecular formula is C28H34N2O4. The second-order valence-corrected chi connectivity index (χ2v) is 9.24. The van der Waals surface area contributed by atoms with Crippen molar-refractivity contribution in [1.82, 2.24) is 9.80 Å². The maximum Gasteiger partial charge on any atom is 0.295 e. The van der Waals surface area contributed by atoms with Gasteiger partial charge in [0, 0.05) is 18.5 Å². The predicted octanol–water partition coefficient (Wildman–Crippen LogP) is 4.47. The first kappa shape index (κ1) is 24.0. The number of carbonyl (C=O) groups excluding carboxylic acids is 2. The van der Waals surface area contributed by atoms with E-state index in [0.29, 0.717) is 12.1 Å². The molecule has 0 spiro atoms. The zero-order valence-electron chi connectivity index (χ0n) is 20.5. The van der Waals surface area contributed by atoms with Gasteiger partial charge in [-0.3, -0.25) is 9.59 Å².